The number of ether oxygens (including phenoxy) is 1. The number of benzene rings is 1. The molecule has 1 aromatic heterocycles. The summed E-state index contributed by atoms with van der Waals surface area (Å²) in [6.45, 7) is 1.73. The van der Waals surface area contributed by atoms with Crippen molar-refractivity contribution in [3.8, 4) is 11.6 Å². The minimum Gasteiger partial charge on any atom is -0.437 e. The fourth-order valence-corrected chi connectivity index (χ4v) is 1.61. The maximum Gasteiger partial charge on any atom is 0.416 e. The van der Waals surface area contributed by atoms with E-state index in [4.69, 9.17) is 15.7 Å². The van der Waals surface area contributed by atoms with Crippen molar-refractivity contribution in [3.63, 3.8) is 0 Å². The first-order valence-electron chi connectivity index (χ1n) is 5.70. The highest BCUT2D eigenvalue weighted by atomic mass is 19.4. The minimum absolute atomic E-state index is 0.00944. The predicted molar refractivity (Wildman–Crippen MR) is 67.4 cm³/mol. The van der Waals surface area contributed by atoms with Crippen molar-refractivity contribution in [3.05, 3.63) is 41.1 Å². The molecule has 2 rings (SSSR count). The Morgan fingerprint density at radius 1 is 1.38 bits per heavy atom. The summed E-state index contributed by atoms with van der Waals surface area (Å²) in [5.41, 5.74) is 4.98. The number of nitrogens with zero attached hydrogens (tertiary/aromatic N) is 2. The fourth-order valence-electron chi connectivity index (χ4n) is 1.61. The van der Waals surface area contributed by atoms with Crippen molar-refractivity contribution < 1.29 is 23.1 Å². The van der Waals surface area contributed by atoms with Crippen molar-refractivity contribution in [1.29, 1.82) is 0 Å². The number of nitrogens with one attached hydrogen (secondary N) is 1. The first kappa shape index (κ1) is 14.7. The van der Waals surface area contributed by atoms with Crippen LogP contribution in [-0.2, 0) is 6.18 Å². The normalized spacial score (nSPS) is 12.5. The van der Waals surface area contributed by atoms with Gasteiger partial charge in [0.2, 0.25) is 5.88 Å². The van der Waals surface area contributed by atoms with Crippen LogP contribution in [0.15, 0.2) is 29.4 Å². The number of nitrogens with two attached hydrogens (primary N) is 1. The topological polar surface area (TPSA) is 96.5 Å². The minimum atomic E-state index is -4.55. The van der Waals surface area contributed by atoms with Crippen LogP contribution in [0.4, 0.5) is 13.2 Å². The van der Waals surface area contributed by atoms with Gasteiger partial charge in [-0.1, -0.05) is 5.16 Å². The predicted octanol–water partition coefficient (Wildman–Crippen LogP) is 2.62. The Bertz CT molecular complexity index is 679. The lowest BCUT2D eigenvalue weighted by molar-refractivity contribution is -0.137. The largest absolute Gasteiger partial charge is 0.437 e. The maximum absolute atomic E-state index is 12.7. The number of oxime groups is 1. The molecule has 21 heavy (non-hydrogen) atoms. The molecule has 0 aliphatic heterocycles. The van der Waals surface area contributed by atoms with Gasteiger partial charge in [0.1, 0.15) is 5.75 Å². The highest BCUT2D eigenvalue weighted by Gasteiger charge is 2.31. The van der Waals surface area contributed by atoms with Crippen molar-refractivity contribution in [2.75, 3.05) is 0 Å². The molecule has 0 amide bonds. The number of hydrogen-bond acceptors (Lipinski definition) is 4. The van der Waals surface area contributed by atoms with Gasteiger partial charge in [-0.2, -0.15) is 13.2 Å². The number of aromatic nitrogens is 2. The molecule has 0 unspecified atom stereocenters. The molecule has 4 N–H and O–H groups in total. The average Bonchev–Trinajstić information content (AvgIpc) is 2.82. The Kier molecular flexibility index (Phi) is 3.74. The number of halogens is 3. The summed E-state index contributed by atoms with van der Waals surface area (Å²) >= 11 is 0. The molecule has 0 saturated carbocycles. The summed E-state index contributed by atoms with van der Waals surface area (Å²) < 4.78 is 43.4. The van der Waals surface area contributed by atoms with E-state index in [2.05, 4.69) is 15.4 Å². The molecule has 6 nitrogen and oxygen atoms in total. The van der Waals surface area contributed by atoms with Gasteiger partial charge < -0.3 is 15.7 Å². The summed E-state index contributed by atoms with van der Waals surface area (Å²) in [7, 11) is 0. The summed E-state index contributed by atoms with van der Waals surface area (Å²) in [5.74, 6) is -0.354. The fraction of sp³-hybridized carbons (Fsp3) is 0.167. The second-order valence-corrected chi connectivity index (χ2v) is 4.19. The van der Waals surface area contributed by atoms with Crippen molar-refractivity contribution >= 4 is 5.84 Å². The number of H-pyrrole nitrogens is 1. The van der Waals surface area contributed by atoms with E-state index < -0.39 is 17.6 Å². The highest BCUT2D eigenvalue weighted by molar-refractivity contribution is 5.99. The van der Waals surface area contributed by atoms with Crippen LogP contribution in [0.5, 0.6) is 11.6 Å². The molecule has 0 bridgehead atoms. The van der Waals surface area contributed by atoms with Crippen LogP contribution in [0.2, 0.25) is 0 Å². The molecule has 2 aromatic rings. The van der Waals surface area contributed by atoms with Gasteiger partial charge in [0.25, 0.3) is 0 Å². The SMILES string of the molecule is Cc1cc(Oc2ccc(C(F)(F)F)cc2/C(N)=N/O)n[nH]1. The van der Waals surface area contributed by atoms with Crippen LogP contribution >= 0.6 is 0 Å². The Morgan fingerprint density at radius 3 is 2.62 bits per heavy atom. The van der Waals surface area contributed by atoms with Gasteiger partial charge in [-0.25, -0.2) is 0 Å². The van der Waals surface area contributed by atoms with Crippen LogP contribution in [0.25, 0.3) is 0 Å². The lowest BCUT2D eigenvalue weighted by atomic mass is 10.1. The molecule has 112 valence electrons. The second kappa shape index (κ2) is 5.35. The average molecular weight is 300 g/mol. The highest BCUT2D eigenvalue weighted by Crippen LogP contribution is 2.33. The van der Waals surface area contributed by atoms with Crippen molar-refractivity contribution in [2.45, 2.75) is 13.1 Å². The zero-order chi connectivity index (χ0) is 15.6. The number of hydrogen-bond donors (Lipinski definition) is 3. The van der Waals surface area contributed by atoms with E-state index in [-0.39, 0.29) is 17.2 Å². The molecule has 0 saturated heterocycles. The van der Waals surface area contributed by atoms with Gasteiger partial charge >= 0.3 is 6.18 Å². The van der Waals surface area contributed by atoms with Crippen molar-refractivity contribution in [1.82, 2.24) is 10.2 Å². The van der Waals surface area contributed by atoms with E-state index in [1.54, 1.807) is 13.0 Å². The third-order valence-corrected chi connectivity index (χ3v) is 2.59. The lowest BCUT2D eigenvalue weighted by Gasteiger charge is -2.12. The van der Waals surface area contributed by atoms with Gasteiger partial charge in [0.05, 0.1) is 11.1 Å². The second-order valence-electron chi connectivity index (χ2n) is 4.19. The zero-order valence-corrected chi connectivity index (χ0v) is 10.8. The Balaban J connectivity index is 2.45. The van der Waals surface area contributed by atoms with E-state index >= 15 is 0 Å². The Labute approximate surface area is 117 Å². The summed E-state index contributed by atoms with van der Waals surface area (Å²) in [5, 5.41) is 17.8. The third-order valence-electron chi connectivity index (χ3n) is 2.59. The summed E-state index contributed by atoms with van der Waals surface area (Å²) in [6, 6.07) is 4.21. The monoisotopic (exact) mass is 300 g/mol. The van der Waals surface area contributed by atoms with Crippen LogP contribution in [0.1, 0.15) is 16.8 Å². The van der Waals surface area contributed by atoms with E-state index in [1.807, 2.05) is 0 Å². The van der Waals surface area contributed by atoms with E-state index in [0.717, 1.165) is 18.2 Å². The number of alkyl halides is 3. The van der Waals surface area contributed by atoms with Crippen LogP contribution in [0.3, 0.4) is 0 Å². The maximum atomic E-state index is 12.7. The van der Waals surface area contributed by atoms with E-state index in [0.29, 0.717) is 5.69 Å². The molecule has 0 fully saturated rings. The number of rotatable bonds is 3. The van der Waals surface area contributed by atoms with Crippen molar-refractivity contribution in [2.24, 2.45) is 10.9 Å². The zero-order valence-electron chi connectivity index (χ0n) is 10.8. The summed E-state index contributed by atoms with van der Waals surface area (Å²) in [6.07, 6.45) is -4.55. The Morgan fingerprint density at radius 2 is 2.10 bits per heavy atom. The molecular weight excluding hydrogens is 289 g/mol. The molecule has 0 atom stereocenters. The molecule has 1 heterocycles. The number of amidine groups is 1. The van der Waals surface area contributed by atoms with E-state index in [1.165, 1.54) is 0 Å². The standard InChI is InChI=1S/C12H11F3N4O2/c1-6-4-10(18-17-6)21-9-3-2-7(12(13,14)15)5-8(9)11(16)19-20/h2-5,20H,1H3,(H2,16,19)(H,17,18). The van der Waals surface area contributed by atoms with E-state index in [9.17, 15) is 13.2 Å². The van der Waals surface area contributed by atoms with Crippen LogP contribution in [0, 0.1) is 6.92 Å². The van der Waals surface area contributed by atoms with Crippen LogP contribution < -0.4 is 10.5 Å². The van der Waals surface area contributed by atoms with Gasteiger partial charge in [-0.3, -0.25) is 5.10 Å². The third kappa shape index (κ3) is 3.25. The Hall–Kier alpha value is -2.71. The molecule has 0 aliphatic carbocycles. The first-order valence-corrected chi connectivity index (χ1v) is 5.70. The number of aryl methyl sites for hydroxylation is 1. The first-order chi connectivity index (χ1) is 9.81. The molecule has 0 aliphatic rings. The molecule has 9 heteroatoms. The number of aromatic amines is 1. The molecule has 0 radical (unpaired) electrons. The quantitative estimate of drug-likeness (QED) is 0.351. The van der Waals surface area contributed by atoms with Gasteiger partial charge in [0.15, 0.2) is 5.84 Å². The summed E-state index contributed by atoms with van der Waals surface area (Å²) in [4.78, 5) is 0. The smallest absolute Gasteiger partial charge is 0.416 e. The lowest BCUT2D eigenvalue weighted by Crippen LogP contribution is -2.16. The van der Waals surface area contributed by atoms with Gasteiger partial charge in [-0.15, -0.1) is 5.10 Å². The molecular formula is C12H11F3N4O2. The van der Waals surface area contributed by atoms with Crippen LogP contribution in [-0.4, -0.2) is 21.2 Å². The van der Waals surface area contributed by atoms with Gasteiger partial charge in [-0.05, 0) is 25.1 Å². The molecule has 0 spiro atoms. The molecule has 1 aromatic carbocycles. The van der Waals surface area contributed by atoms with Gasteiger partial charge in [0, 0.05) is 11.8 Å².